The Morgan fingerprint density at radius 3 is 2.74 bits per heavy atom. The first-order valence-corrected chi connectivity index (χ1v) is 9.86. The molecule has 2 aromatic carbocycles. The summed E-state index contributed by atoms with van der Waals surface area (Å²) < 4.78 is 21.6. The van der Waals surface area contributed by atoms with Crippen molar-refractivity contribution in [2.24, 2.45) is 0 Å². The van der Waals surface area contributed by atoms with Crippen molar-refractivity contribution in [3.63, 3.8) is 0 Å². The Labute approximate surface area is 178 Å². The van der Waals surface area contributed by atoms with Gasteiger partial charge in [0.2, 0.25) is 5.43 Å². The summed E-state index contributed by atoms with van der Waals surface area (Å²) in [6.07, 6.45) is 6.64. The molecule has 1 aliphatic rings. The zero-order valence-corrected chi connectivity index (χ0v) is 16.7. The first kappa shape index (κ1) is 20.4. The fourth-order valence-corrected chi connectivity index (χ4v) is 3.35. The number of ether oxygens (including phenoxy) is 1. The normalized spacial score (nSPS) is 14.1. The Morgan fingerprint density at radius 1 is 1.19 bits per heavy atom. The number of para-hydroxylation sites is 1. The van der Waals surface area contributed by atoms with Crippen LogP contribution in [0.4, 0.5) is 10.1 Å². The number of nitrogens with one attached hydrogen (secondary N) is 2. The molecule has 0 saturated carbocycles. The minimum absolute atomic E-state index is 0.0884. The standard InChI is InChI=1S/C24H21FN4O2/c25-20-16-18(17-10-14-31-15-11-17)6-7-22(20)29-13-9-23(30)24(28-29)21(8-12-26)27-19-4-2-1-3-5-19/h1-10,12-13,16,26-27H,11,14-15H2/b21-8-,26-12?. The lowest BCUT2D eigenvalue weighted by atomic mass is 10.0. The second-order valence-electron chi connectivity index (χ2n) is 6.93. The van der Waals surface area contributed by atoms with Crippen LogP contribution in [-0.2, 0) is 4.74 Å². The third kappa shape index (κ3) is 4.67. The molecule has 0 spiro atoms. The highest BCUT2D eigenvalue weighted by Crippen LogP contribution is 2.24. The van der Waals surface area contributed by atoms with E-state index in [1.165, 1.54) is 29.1 Å². The Hall–Kier alpha value is -3.84. The van der Waals surface area contributed by atoms with Gasteiger partial charge in [-0.05, 0) is 47.9 Å². The summed E-state index contributed by atoms with van der Waals surface area (Å²) in [7, 11) is 0. The van der Waals surface area contributed by atoms with Gasteiger partial charge in [0.15, 0.2) is 5.69 Å². The fraction of sp³-hybridized carbons (Fsp3) is 0.125. The molecule has 1 aliphatic heterocycles. The molecule has 0 fully saturated rings. The molecular formula is C24H21FN4O2. The lowest BCUT2D eigenvalue weighted by molar-refractivity contribution is 0.161. The predicted octanol–water partition coefficient (Wildman–Crippen LogP) is 4.28. The largest absolute Gasteiger partial charge is 0.377 e. The number of aromatic nitrogens is 2. The maximum absolute atomic E-state index is 15.0. The predicted molar refractivity (Wildman–Crippen MR) is 120 cm³/mol. The summed E-state index contributed by atoms with van der Waals surface area (Å²) in [4.78, 5) is 12.5. The van der Waals surface area contributed by atoms with Gasteiger partial charge in [-0.1, -0.05) is 30.3 Å². The van der Waals surface area contributed by atoms with E-state index in [4.69, 9.17) is 10.1 Å². The molecule has 4 rings (SSSR count). The quantitative estimate of drug-likeness (QED) is 0.588. The number of rotatable bonds is 6. The highest BCUT2D eigenvalue weighted by atomic mass is 19.1. The van der Waals surface area contributed by atoms with Crippen molar-refractivity contribution in [3.05, 3.63) is 100 Å². The van der Waals surface area contributed by atoms with E-state index >= 15 is 0 Å². The molecule has 0 amide bonds. The maximum Gasteiger partial charge on any atom is 0.209 e. The minimum Gasteiger partial charge on any atom is -0.377 e. The number of halogens is 1. The number of nitrogens with zero attached hydrogens (tertiary/aromatic N) is 2. The van der Waals surface area contributed by atoms with Gasteiger partial charge in [-0.15, -0.1) is 0 Å². The number of hydrogen-bond acceptors (Lipinski definition) is 5. The van der Waals surface area contributed by atoms with E-state index in [9.17, 15) is 9.18 Å². The minimum atomic E-state index is -0.444. The highest BCUT2D eigenvalue weighted by Gasteiger charge is 2.14. The van der Waals surface area contributed by atoms with Gasteiger partial charge in [0.1, 0.15) is 11.5 Å². The van der Waals surface area contributed by atoms with Gasteiger partial charge in [-0.2, -0.15) is 5.10 Å². The molecule has 0 unspecified atom stereocenters. The van der Waals surface area contributed by atoms with Crippen LogP contribution in [0, 0.1) is 11.2 Å². The van der Waals surface area contributed by atoms with Crippen molar-refractivity contribution in [3.8, 4) is 5.69 Å². The molecule has 156 valence electrons. The first-order valence-electron chi connectivity index (χ1n) is 9.86. The van der Waals surface area contributed by atoms with Crippen molar-refractivity contribution >= 4 is 23.2 Å². The highest BCUT2D eigenvalue weighted by molar-refractivity contribution is 5.86. The van der Waals surface area contributed by atoms with Crippen molar-refractivity contribution in [1.29, 1.82) is 5.41 Å². The summed E-state index contributed by atoms with van der Waals surface area (Å²) in [5, 5.41) is 14.9. The topological polar surface area (TPSA) is 80.0 Å². The molecule has 3 aromatic rings. The van der Waals surface area contributed by atoms with Crippen LogP contribution in [0.25, 0.3) is 17.0 Å². The van der Waals surface area contributed by atoms with Crippen molar-refractivity contribution in [2.45, 2.75) is 6.42 Å². The SMILES string of the molecule is N=C/C=C(\Nc1ccccc1)c1nn(-c2ccc(C3=CCOCC3)cc2F)ccc1=O. The molecule has 1 aromatic heterocycles. The second-order valence-corrected chi connectivity index (χ2v) is 6.93. The van der Waals surface area contributed by atoms with E-state index in [1.54, 1.807) is 6.07 Å². The number of hydrogen-bond donors (Lipinski definition) is 2. The maximum atomic E-state index is 15.0. The Bertz CT molecular complexity index is 1220. The number of anilines is 1. The zero-order valence-electron chi connectivity index (χ0n) is 16.7. The summed E-state index contributed by atoms with van der Waals surface area (Å²) >= 11 is 0. The molecule has 0 radical (unpaired) electrons. The van der Waals surface area contributed by atoms with Gasteiger partial charge in [-0.3, -0.25) is 4.79 Å². The summed E-state index contributed by atoms with van der Waals surface area (Å²) in [6.45, 7) is 1.15. The molecule has 0 aliphatic carbocycles. The lowest BCUT2D eigenvalue weighted by Gasteiger charge is -2.15. The molecule has 2 N–H and O–H groups in total. The van der Waals surface area contributed by atoms with Crippen molar-refractivity contribution in [2.75, 3.05) is 18.5 Å². The molecule has 7 heteroatoms. The van der Waals surface area contributed by atoms with E-state index in [2.05, 4.69) is 10.4 Å². The number of benzene rings is 2. The Morgan fingerprint density at radius 2 is 2.03 bits per heavy atom. The van der Waals surface area contributed by atoms with Crippen LogP contribution in [-0.4, -0.2) is 29.2 Å². The van der Waals surface area contributed by atoms with Crippen LogP contribution in [0.1, 0.15) is 17.7 Å². The third-order valence-corrected chi connectivity index (χ3v) is 4.89. The van der Waals surface area contributed by atoms with Gasteiger partial charge in [-0.25, -0.2) is 9.07 Å². The lowest BCUT2D eigenvalue weighted by Crippen LogP contribution is -2.19. The van der Waals surface area contributed by atoms with Gasteiger partial charge >= 0.3 is 0 Å². The average molecular weight is 416 g/mol. The van der Waals surface area contributed by atoms with Crippen LogP contribution < -0.4 is 10.7 Å². The van der Waals surface area contributed by atoms with E-state index in [-0.39, 0.29) is 16.8 Å². The van der Waals surface area contributed by atoms with E-state index in [1.807, 2.05) is 42.5 Å². The van der Waals surface area contributed by atoms with Crippen LogP contribution in [0.15, 0.2) is 77.7 Å². The molecule has 0 atom stereocenters. The molecule has 6 nitrogen and oxygen atoms in total. The Balaban J connectivity index is 1.70. The Kier molecular flexibility index (Phi) is 6.14. The average Bonchev–Trinajstić information content (AvgIpc) is 2.80. The monoisotopic (exact) mass is 416 g/mol. The van der Waals surface area contributed by atoms with E-state index in [0.717, 1.165) is 29.5 Å². The second kappa shape index (κ2) is 9.32. The molecular weight excluding hydrogens is 395 g/mol. The van der Waals surface area contributed by atoms with Crippen LogP contribution >= 0.6 is 0 Å². The van der Waals surface area contributed by atoms with Gasteiger partial charge < -0.3 is 15.5 Å². The zero-order chi connectivity index (χ0) is 21.6. The third-order valence-electron chi connectivity index (χ3n) is 4.89. The van der Waals surface area contributed by atoms with Gasteiger partial charge in [0, 0.05) is 24.2 Å². The summed E-state index contributed by atoms with van der Waals surface area (Å²) in [5.74, 6) is -0.444. The van der Waals surface area contributed by atoms with Crippen LogP contribution in [0.3, 0.4) is 0 Å². The summed E-state index contributed by atoms with van der Waals surface area (Å²) in [5.41, 5.74) is 2.93. The van der Waals surface area contributed by atoms with Gasteiger partial charge in [0.25, 0.3) is 0 Å². The number of allylic oxidation sites excluding steroid dienone is 1. The van der Waals surface area contributed by atoms with Crippen LogP contribution in [0.2, 0.25) is 0 Å². The van der Waals surface area contributed by atoms with Crippen LogP contribution in [0.5, 0.6) is 0 Å². The van der Waals surface area contributed by atoms with Gasteiger partial charge in [0.05, 0.1) is 18.9 Å². The fourth-order valence-electron chi connectivity index (χ4n) is 3.35. The van der Waals surface area contributed by atoms with Crippen molar-refractivity contribution in [1.82, 2.24) is 9.78 Å². The summed E-state index contributed by atoms with van der Waals surface area (Å²) in [6, 6.07) is 15.5. The van der Waals surface area contributed by atoms with E-state index < -0.39 is 5.82 Å². The van der Waals surface area contributed by atoms with E-state index in [0.29, 0.717) is 18.9 Å². The van der Waals surface area contributed by atoms with Crippen molar-refractivity contribution < 1.29 is 9.13 Å². The molecule has 2 heterocycles. The molecule has 0 saturated heterocycles. The first-order chi connectivity index (χ1) is 15.2. The molecule has 31 heavy (non-hydrogen) atoms. The smallest absolute Gasteiger partial charge is 0.209 e. The molecule has 0 bridgehead atoms.